The van der Waals surface area contributed by atoms with Gasteiger partial charge in [0.05, 0.1) is 5.69 Å². The number of carbonyl (C=O) groups excluding carboxylic acids is 3. The van der Waals surface area contributed by atoms with Crippen LogP contribution < -0.4 is 16.0 Å². The Balaban J connectivity index is 1.06. The lowest BCUT2D eigenvalue weighted by atomic mass is 9.49. The van der Waals surface area contributed by atoms with Crippen LogP contribution in [0.2, 0.25) is 0 Å². The highest BCUT2D eigenvalue weighted by molar-refractivity contribution is 7.14. The molecule has 6 rings (SSSR count). The quantitative estimate of drug-likeness (QED) is 0.472. The van der Waals surface area contributed by atoms with E-state index in [-0.39, 0.29) is 23.1 Å². The Kier molecular flexibility index (Phi) is 6.42. The maximum atomic E-state index is 13.0. The number of aromatic nitrogens is 1. The SMILES string of the molecule is CC(=O)Nc1ccc(-c2csc(NC(=O)CCCNC(=O)C34CC5CC(CC(C5)C3)C4)n2)cc1. The minimum atomic E-state index is -0.130. The Morgan fingerprint density at radius 3 is 2.26 bits per heavy atom. The van der Waals surface area contributed by atoms with Crippen molar-refractivity contribution in [3.63, 3.8) is 0 Å². The van der Waals surface area contributed by atoms with Gasteiger partial charge in [-0.15, -0.1) is 11.3 Å². The molecule has 4 fully saturated rings. The predicted molar refractivity (Wildman–Crippen MR) is 133 cm³/mol. The highest BCUT2D eigenvalue weighted by Crippen LogP contribution is 2.60. The van der Waals surface area contributed by atoms with E-state index in [1.54, 1.807) is 0 Å². The number of benzene rings is 1. The fraction of sp³-hybridized carbons (Fsp3) is 0.538. The van der Waals surface area contributed by atoms with Crippen LogP contribution in [-0.2, 0) is 14.4 Å². The molecule has 0 aliphatic heterocycles. The average Bonchev–Trinajstić information content (AvgIpc) is 3.24. The molecule has 1 aromatic heterocycles. The van der Waals surface area contributed by atoms with Crippen molar-refractivity contribution < 1.29 is 14.4 Å². The normalized spacial score (nSPS) is 26.8. The van der Waals surface area contributed by atoms with Crippen molar-refractivity contribution in [1.29, 1.82) is 0 Å². The second-order valence-corrected chi connectivity index (χ2v) is 11.3. The Hall–Kier alpha value is -2.74. The van der Waals surface area contributed by atoms with Crippen LogP contribution >= 0.6 is 11.3 Å². The van der Waals surface area contributed by atoms with Gasteiger partial charge in [-0.1, -0.05) is 12.1 Å². The molecule has 2 aromatic rings. The van der Waals surface area contributed by atoms with Crippen molar-refractivity contribution in [2.75, 3.05) is 17.2 Å². The van der Waals surface area contributed by atoms with Crippen LogP contribution in [0.3, 0.4) is 0 Å². The number of hydrogen-bond acceptors (Lipinski definition) is 5. The van der Waals surface area contributed by atoms with Crippen LogP contribution in [0.5, 0.6) is 0 Å². The molecule has 4 saturated carbocycles. The number of carbonyl (C=O) groups is 3. The molecule has 0 unspecified atom stereocenters. The lowest BCUT2D eigenvalue weighted by molar-refractivity contribution is -0.146. The molecule has 0 saturated heterocycles. The molecule has 0 radical (unpaired) electrons. The smallest absolute Gasteiger partial charge is 0.226 e. The molecule has 4 aliphatic rings. The van der Waals surface area contributed by atoms with Gasteiger partial charge in [0.1, 0.15) is 0 Å². The minimum Gasteiger partial charge on any atom is -0.356 e. The lowest BCUT2D eigenvalue weighted by Crippen LogP contribution is -2.53. The molecular formula is C26H32N4O3S. The molecule has 0 spiro atoms. The van der Waals surface area contributed by atoms with Gasteiger partial charge in [-0.2, -0.15) is 0 Å². The third-order valence-corrected chi connectivity index (χ3v) is 8.40. The summed E-state index contributed by atoms with van der Waals surface area (Å²) in [6.07, 6.45) is 8.14. The predicted octanol–water partition coefficient (Wildman–Crippen LogP) is 4.82. The maximum Gasteiger partial charge on any atom is 0.226 e. The number of nitrogens with one attached hydrogen (secondary N) is 3. The Morgan fingerprint density at radius 2 is 1.65 bits per heavy atom. The van der Waals surface area contributed by atoms with Crippen molar-refractivity contribution in [3.8, 4) is 11.3 Å². The summed E-state index contributed by atoms with van der Waals surface area (Å²) in [6.45, 7) is 2.01. The van der Waals surface area contributed by atoms with Crippen molar-refractivity contribution >= 4 is 39.9 Å². The first-order chi connectivity index (χ1) is 16.4. The maximum absolute atomic E-state index is 13.0. The molecule has 4 aliphatic carbocycles. The van der Waals surface area contributed by atoms with E-state index < -0.39 is 0 Å². The van der Waals surface area contributed by atoms with Crippen LogP contribution in [0.1, 0.15) is 58.3 Å². The summed E-state index contributed by atoms with van der Waals surface area (Å²) >= 11 is 1.38. The summed E-state index contributed by atoms with van der Waals surface area (Å²) in [6, 6.07) is 7.43. The summed E-state index contributed by atoms with van der Waals surface area (Å²) in [5.74, 6) is 2.27. The van der Waals surface area contributed by atoms with Crippen molar-refractivity contribution in [2.45, 2.75) is 58.3 Å². The molecule has 0 atom stereocenters. The van der Waals surface area contributed by atoms with Gasteiger partial charge in [0.25, 0.3) is 0 Å². The van der Waals surface area contributed by atoms with Gasteiger partial charge in [-0.3, -0.25) is 14.4 Å². The number of hydrogen-bond donors (Lipinski definition) is 3. The highest BCUT2D eigenvalue weighted by atomic mass is 32.1. The summed E-state index contributed by atoms with van der Waals surface area (Å²) < 4.78 is 0. The summed E-state index contributed by atoms with van der Waals surface area (Å²) in [5, 5.41) is 11.2. The van der Waals surface area contributed by atoms with Crippen molar-refractivity contribution in [2.24, 2.45) is 23.2 Å². The zero-order valence-corrected chi connectivity index (χ0v) is 20.4. The number of anilines is 2. The number of amides is 3. The average molecular weight is 481 g/mol. The summed E-state index contributed by atoms with van der Waals surface area (Å²) in [5.41, 5.74) is 2.29. The highest BCUT2D eigenvalue weighted by Gasteiger charge is 2.54. The van der Waals surface area contributed by atoms with Gasteiger partial charge >= 0.3 is 0 Å². The fourth-order valence-corrected chi connectivity index (χ4v) is 7.34. The van der Waals surface area contributed by atoms with Gasteiger partial charge in [0.15, 0.2) is 5.13 Å². The Labute approximate surface area is 204 Å². The fourth-order valence-electron chi connectivity index (χ4n) is 6.60. The summed E-state index contributed by atoms with van der Waals surface area (Å²) in [7, 11) is 0. The van der Waals surface area contributed by atoms with E-state index in [1.807, 2.05) is 29.6 Å². The van der Waals surface area contributed by atoms with E-state index in [4.69, 9.17) is 0 Å². The third-order valence-electron chi connectivity index (χ3n) is 7.64. The molecule has 4 bridgehead atoms. The molecule has 34 heavy (non-hydrogen) atoms. The van der Waals surface area contributed by atoms with Crippen LogP contribution in [0, 0.1) is 23.2 Å². The Bertz CT molecular complexity index is 1040. The van der Waals surface area contributed by atoms with Crippen LogP contribution in [0.15, 0.2) is 29.6 Å². The van der Waals surface area contributed by atoms with E-state index in [0.29, 0.717) is 24.5 Å². The van der Waals surface area contributed by atoms with E-state index >= 15 is 0 Å². The van der Waals surface area contributed by atoms with Crippen molar-refractivity contribution in [3.05, 3.63) is 29.6 Å². The molecule has 7 nitrogen and oxygen atoms in total. The molecule has 180 valence electrons. The first-order valence-electron chi connectivity index (χ1n) is 12.3. The van der Waals surface area contributed by atoms with Crippen LogP contribution in [0.4, 0.5) is 10.8 Å². The molecular weight excluding hydrogens is 448 g/mol. The molecule has 8 heteroatoms. The standard InChI is InChI=1S/C26H32N4O3S/c1-16(31)28-21-6-4-20(5-7-21)22-15-34-25(29-22)30-23(32)3-2-8-27-24(33)26-12-17-9-18(13-26)11-19(10-17)14-26/h4-7,15,17-19H,2-3,8-14H2,1H3,(H,27,33)(H,28,31)(H,29,30,32). The van der Waals surface area contributed by atoms with Gasteiger partial charge < -0.3 is 16.0 Å². The van der Waals surface area contributed by atoms with Crippen LogP contribution in [-0.4, -0.2) is 29.3 Å². The van der Waals surface area contributed by atoms with E-state index in [0.717, 1.165) is 54.0 Å². The largest absolute Gasteiger partial charge is 0.356 e. The zero-order valence-electron chi connectivity index (χ0n) is 19.6. The van der Waals surface area contributed by atoms with E-state index in [2.05, 4.69) is 20.9 Å². The monoisotopic (exact) mass is 480 g/mol. The number of rotatable bonds is 8. The van der Waals surface area contributed by atoms with Gasteiger partial charge in [0, 0.05) is 41.9 Å². The molecule has 1 aromatic carbocycles. The zero-order chi connectivity index (χ0) is 23.7. The minimum absolute atomic E-state index is 0.0917. The third kappa shape index (κ3) is 5.02. The van der Waals surface area contributed by atoms with E-state index in [9.17, 15) is 14.4 Å². The summed E-state index contributed by atoms with van der Waals surface area (Å²) in [4.78, 5) is 41.0. The molecule has 3 amide bonds. The lowest BCUT2D eigenvalue weighted by Gasteiger charge is -2.55. The second-order valence-electron chi connectivity index (χ2n) is 10.4. The Morgan fingerprint density at radius 1 is 1.00 bits per heavy atom. The second kappa shape index (κ2) is 9.49. The number of thiazole rings is 1. The first-order valence-corrected chi connectivity index (χ1v) is 13.2. The van der Waals surface area contributed by atoms with Gasteiger partial charge in [0.2, 0.25) is 17.7 Å². The number of nitrogens with zero attached hydrogens (tertiary/aromatic N) is 1. The molecule has 3 N–H and O–H groups in total. The van der Waals surface area contributed by atoms with Crippen molar-refractivity contribution in [1.82, 2.24) is 10.3 Å². The van der Waals surface area contributed by atoms with Gasteiger partial charge in [-0.05, 0) is 74.8 Å². The van der Waals surface area contributed by atoms with Gasteiger partial charge in [-0.25, -0.2) is 4.98 Å². The topological polar surface area (TPSA) is 100 Å². The van der Waals surface area contributed by atoms with Crippen LogP contribution in [0.25, 0.3) is 11.3 Å². The first kappa shape index (κ1) is 23.0. The van der Waals surface area contributed by atoms with E-state index in [1.165, 1.54) is 37.5 Å². The molecule has 1 heterocycles.